The zero-order chi connectivity index (χ0) is 20.5. The summed E-state index contributed by atoms with van der Waals surface area (Å²) in [5.41, 5.74) is 1.88. The Bertz CT molecular complexity index is 1270. The van der Waals surface area contributed by atoms with E-state index in [0.717, 1.165) is 6.07 Å². The zero-order valence-electron chi connectivity index (χ0n) is 14.8. The third kappa shape index (κ3) is 3.53. The molecule has 1 N–H and O–H groups in total. The van der Waals surface area contributed by atoms with Crippen LogP contribution in [-0.4, -0.2) is 28.7 Å². The number of sulfonamides is 1. The molecule has 2 heterocycles. The number of fused-ring (bicyclic) bond motifs is 1. The number of hydrogen-bond acceptors (Lipinski definition) is 7. The van der Waals surface area contributed by atoms with Crippen LogP contribution in [0.15, 0.2) is 52.7 Å². The molecule has 11 heteroatoms. The Labute approximate surface area is 159 Å². The lowest BCUT2D eigenvalue weighted by molar-refractivity contribution is -0.385. The van der Waals surface area contributed by atoms with Gasteiger partial charge in [0.15, 0.2) is 0 Å². The number of hydrogen-bond donors (Lipinski definition) is 1. The summed E-state index contributed by atoms with van der Waals surface area (Å²) in [7, 11) is -4.12. The van der Waals surface area contributed by atoms with Crippen LogP contribution >= 0.6 is 0 Å². The molecule has 2 aromatic heterocycles. The number of nitro benzene ring substituents is 1. The van der Waals surface area contributed by atoms with Crippen molar-refractivity contribution in [2.45, 2.75) is 18.7 Å². The SMILES string of the molecule is C/C(=N\NS(=O)(=O)c1cc([N+](=O)[O-])ccc1C)c1cnn2ccc(C#N)cc12. The van der Waals surface area contributed by atoms with E-state index < -0.39 is 14.9 Å². The first-order valence-electron chi connectivity index (χ1n) is 7.92. The highest BCUT2D eigenvalue weighted by Crippen LogP contribution is 2.21. The highest BCUT2D eigenvalue weighted by molar-refractivity contribution is 7.89. The van der Waals surface area contributed by atoms with Gasteiger partial charge in [-0.05, 0) is 31.5 Å². The number of benzene rings is 1. The molecule has 0 unspecified atom stereocenters. The third-order valence-electron chi connectivity index (χ3n) is 4.05. The molecule has 0 radical (unpaired) electrons. The summed E-state index contributed by atoms with van der Waals surface area (Å²) in [6.07, 6.45) is 3.11. The number of non-ortho nitro benzene ring substituents is 1. The van der Waals surface area contributed by atoms with Gasteiger partial charge in [0.2, 0.25) is 0 Å². The highest BCUT2D eigenvalue weighted by atomic mass is 32.2. The van der Waals surface area contributed by atoms with Crippen molar-refractivity contribution >= 4 is 26.9 Å². The van der Waals surface area contributed by atoms with Crippen LogP contribution in [0.3, 0.4) is 0 Å². The average Bonchev–Trinajstić information content (AvgIpc) is 3.09. The fraction of sp³-hybridized carbons (Fsp3) is 0.118. The maximum atomic E-state index is 12.6. The van der Waals surface area contributed by atoms with E-state index in [0.29, 0.717) is 27.9 Å². The standard InChI is InChI=1S/C17H14N6O4S/c1-11-3-4-14(23(24)25)8-17(11)28(26,27)21-20-12(2)15-10-19-22-6-5-13(9-18)7-16(15)22/h3-8,10,21H,1-2H3/b20-12+. The minimum Gasteiger partial charge on any atom is -0.258 e. The molecule has 28 heavy (non-hydrogen) atoms. The van der Waals surface area contributed by atoms with Gasteiger partial charge < -0.3 is 0 Å². The quantitative estimate of drug-likeness (QED) is 0.396. The molecule has 0 atom stereocenters. The number of hydrazone groups is 1. The van der Waals surface area contributed by atoms with Crippen LogP contribution in [0.25, 0.3) is 5.52 Å². The van der Waals surface area contributed by atoms with E-state index in [1.54, 1.807) is 25.3 Å². The topological polar surface area (TPSA) is 143 Å². The lowest BCUT2D eigenvalue weighted by Gasteiger charge is -2.07. The Morgan fingerprint density at radius 3 is 2.79 bits per heavy atom. The molecule has 142 valence electrons. The van der Waals surface area contributed by atoms with Crippen LogP contribution in [-0.2, 0) is 10.0 Å². The van der Waals surface area contributed by atoms with Crippen LogP contribution in [0, 0.1) is 28.4 Å². The zero-order valence-corrected chi connectivity index (χ0v) is 15.6. The number of aryl methyl sites for hydroxylation is 1. The Kier molecular flexibility index (Phi) is 4.81. The largest absolute Gasteiger partial charge is 0.277 e. The third-order valence-corrected chi connectivity index (χ3v) is 5.40. The normalized spacial score (nSPS) is 12.0. The number of nitriles is 1. The first kappa shape index (κ1) is 19.0. The maximum Gasteiger partial charge on any atom is 0.277 e. The predicted molar refractivity (Wildman–Crippen MR) is 100 cm³/mol. The van der Waals surface area contributed by atoms with E-state index in [9.17, 15) is 18.5 Å². The molecular formula is C17H14N6O4S. The van der Waals surface area contributed by atoms with E-state index in [1.807, 2.05) is 6.07 Å². The number of aromatic nitrogens is 2. The van der Waals surface area contributed by atoms with Gasteiger partial charge in [0.05, 0.1) is 38.9 Å². The van der Waals surface area contributed by atoms with Crippen molar-refractivity contribution in [3.05, 3.63) is 69.5 Å². The van der Waals surface area contributed by atoms with Crippen LogP contribution in [0.4, 0.5) is 5.69 Å². The average molecular weight is 398 g/mol. The second-order valence-corrected chi connectivity index (χ2v) is 7.54. The predicted octanol–water partition coefficient (Wildman–Crippen LogP) is 2.13. The summed E-state index contributed by atoms with van der Waals surface area (Å²) in [5, 5.41) is 28.0. The second kappa shape index (κ2) is 7.09. The number of nitrogens with zero attached hydrogens (tertiary/aromatic N) is 5. The monoisotopic (exact) mass is 398 g/mol. The fourth-order valence-corrected chi connectivity index (χ4v) is 3.68. The molecule has 0 saturated carbocycles. The Morgan fingerprint density at radius 2 is 2.11 bits per heavy atom. The first-order chi connectivity index (χ1) is 13.2. The highest BCUT2D eigenvalue weighted by Gasteiger charge is 2.20. The summed E-state index contributed by atoms with van der Waals surface area (Å²) >= 11 is 0. The van der Waals surface area contributed by atoms with Crippen molar-refractivity contribution in [3.63, 3.8) is 0 Å². The molecule has 0 aliphatic rings. The van der Waals surface area contributed by atoms with E-state index >= 15 is 0 Å². The summed E-state index contributed by atoms with van der Waals surface area (Å²) in [5.74, 6) is 0. The number of nitrogens with one attached hydrogen (secondary N) is 1. The molecule has 0 aliphatic heterocycles. The summed E-state index contributed by atoms with van der Waals surface area (Å²) in [4.78, 5) is 12.1. The molecule has 3 rings (SSSR count). The molecule has 0 amide bonds. The lowest BCUT2D eigenvalue weighted by Crippen LogP contribution is -2.21. The molecule has 0 bridgehead atoms. The maximum absolute atomic E-state index is 12.6. The van der Waals surface area contributed by atoms with E-state index in [2.05, 4.69) is 15.0 Å². The number of nitro groups is 1. The van der Waals surface area contributed by atoms with Gasteiger partial charge in [-0.1, -0.05) is 6.07 Å². The Hall–Kier alpha value is -3.78. The van der Waals surface area contributed by atoms with Gasteiger partial charge in [0.1, 0.15) is 0 Å². The van der Waals surface area contributed by atoms with Crippen molar-refractivity contribution in [1.82, 2.24) is 14.4 Å². The van der Waals surface area contributed by atoms with Gasteiger partial charge in [0, 0.05) is 23.9 Å². The van der Waals surface area contributed by atoms with Gasteiger partial charge in [-0.25, -0.2) is 4.52 Å². The van der Waals surface area contributed by atoms with E-state index in [1.165, 1.54) is 29.8 Å². The van der Waals surface area contributed by atoms with Crippen molar-refractivity contribution in [1.29, 1.82) is 5.26 Å². The van der Waals surface area contributed by atoms with Crippen molar-refractivity contribution in [2.24, 2.45) is 5.10 Å². The van der Waals surface area contributed by atoms with Crippen molar-refractivity contribution in [3.8, 4) is 6.07 Å². The van der Waals surface area contributed by atoms with Crippen LogP contribution in [0.5, 0.6) is 0 Å². The van der Waals surface area contributed by atoms with Gasteiger partial charge in [-0.15, -0.1) is 0 Å². The van der Waals surface area contributed by atoms with Gasteiger partial charge >= 0.3 is 0 Å². The molecule has 0 aliphatic carbocycles. The van der Waals surface area contributed by atoms with Gasteiger partial charge in [-0.2, -0.15) is 28.7 Å². The number of pyridine rings is 1. The van der Waals surface area contributed by atoms with Crippen LogP contribution < -0.4 is 4.83 Å². The second-order valence-electron chi connectivity index (χ2n) is 5.91. The molecule has 1 aromatic carbocycles. The molecule has 0 fully saturated rings. The first-order valence-corrected chi connectivity index (χ1v) is 9.40. The summed E-state index contributed by atoms with van der Waals surface area (Å²) in [6, 6.07) is 8.81. The Balaban J connectivity index is 1.96. The molecule has 0 spiro atoms. The smallest absolute Gasteiger partial charge is 0.258 e. The molecule has 10 nitrogen and oxygen atoms in total. The van der Waals surface area contributed by atoms with E-state index in [-0.39, 0.29) is 10.6 Å². The number of rotatable bonds is 5. The van der Waals surface area contributed by atoms with Gasteiger partial charge in [0.25, 0.3) is 15.7 Å². The minimum atomic E-state index is -4.12. The van der Waals surface area contributed by atoms with Gasteiger partial charge in [-0.3, -0.25) is 10.1 Å². The van der Waals surface area contributed by atoms with Crippen LogP contribution in [0.1, 0.15) is 23.6 Å². The summed E-state index contributed by atoms with van der Waals surface area (Å²) in [6.45, 7) is 3.11. The summed E-state index contributed by atoms with van der Waals surface area (Å²) < 4.78 is 26.7. The Morgan fingerprint density at radius 1 is 1.36 bits per heavy atom. The molecule has 3 aromatic rings. The van der Waals surface area contributed by atoms with E-state index in [4.69, 9.17) is 5.26 Å². The lowest BCUT2D eigenvalue weighted by atomic mass is 10.1. The van der Waals surface area contributed by atoms with Crippen molar-refractivity contribution in [2.75, 3.05) is 0 Å². The molecular weight excluding hydrogens is 384 g/mol. The van der Waals surface area contributed by atoms with Crippen LogP contribution in [0.2, 0.25) is 0 Å². The molecule has 0 saturated heterocycles. The van der Waals surface area contributed by atoms with Crippen molar-refractivity contribution < 1.29 is 13.3 Å². The fourth-order valence-electron chi connectivity index (χ4n) is 2.56. The minimum absolute atomic E-state index is 0.232.